The Kier molecular flexibility index (Phi) is 7.00. The van der Waals surface area contributed by atoms with Gasteiger partial charge in [-0.2, -0.15) is 0 Å². The van der Waals surface area contributed by atoms with Crippen molar-refractivity contribution in [2.75, 3.05) is 6.54 Å². The number of benzene rings is 1. The van der Waals surface area contributed by atoms with Crippen LogP contribution in [0.5, 0.6) is 0 Å². The van der Waals surface area contributed by atoms with Gasteiger partial charge in [-0.05, 0) is 56.2 Å². The van der Waals surface area contributed by atoms with E-state index in [0.29, 0.717) is 19.4 Å². The van der Waals surface area contributed by atoms with Crippen LogP contribution in [0.4, 0.5) is 4.79 Å². The Balaban J connectivity index is 2.11. The summed E-state index contributed by atoms with van der Waals surface area (Å²) >= 11 is 0. The van der Waals surface area contributed by atoms with E-state index in [1.54, 1.807) is 20.8 Å². The highest BCUT2D eigenvalue weighted by molar-refractivity contribution is 5.92. The Labute approximate surface area is 163 Å². The first-order chi connectivity index (χ1) is 13.2. The zero-order valence-electron chi connectivity index (χ0n) is 16.3. The molecule has 1 saturated heterocycles. The number of carbonyl (C=O) groups excluding carboxylic acids is 3. The van der Waals surface area contributed by atoms with Crippen LogP contribution in [0.3, 0.4) is 0 Å². The lowest BCUT2D eigenvalue weighted by molar-refractivity contribution is -0.130. The van der Waals surface area contributed by atoms with Gasteiger partial charge in [0.1, 0.15) is 11.6 Å². The van der Waals surface area contributed by atoms with E-state index in [1.165, 1.54) is 4.90 Å². The molecule has 9 nitrogen and oxygen atoms in total. The topological polar surface area (TPSA) is 124 Å². The minimum absolute atomic E-state index is 0.184. The highest BCUT2D eigenvalue weighted by Crippen LogP contribution is 2.21. The summed E-state index contributed by atoms with van der Waals surface area (Å²) in [6.07, 6.45) is 0.749. The average Bonchev–Trinajstić information content (AvgIpc) is 3.11. The molecule has 2 rings (SSSR count). The number of likely N-dealkylation sites (tertiary alicyclic amines) is 1. The second kappa shape index (κ2) is 9.23. The number of hydrogen-bond acceptors (Lipinski definition) is 4. The lowest BCUT2D eigenvalue weighted by Gasteiger charge is -2.28. The van der Waals surface area contributed by atoms with Crippen molar-refractivity contribution in [1.29, 1.82) is 0 Å². The van der Waals surface area contributed by atoms with Crippen molar-refractivity contribution in [3.05, 3.63) is 46.3 Å². The van der Waals surface area contributed by atoms with Crippen molar-refractivity contribution in [2.45, 2.75) is 57.7 Å². The van der Waals surface area contributed by atoms with Crippen LogP contribution in [0.2, 0.25) is 0 Å². The fourth-order valence-electron chi connectivity index (χ4n) is 3.01. The van der Waals surface area contributed by atoms with E-state index in [1.807, 2.05) is 30.3 Å². The Morgan fingerprint density at radius 1 is 1.32 bits per heavy atom. The molecule has 0 saturated carbocycles. The van der Waals surface area contributed by atoms with E-state index in [-0.39, 0.29) is 6.42 Å². The van der Waals surface area contributed by atoms with Crippen molar-refractivity contribution >= 4 is 17.9 Å². The molecule has 1 aliphatic rings. The van der Waals surface area contributed by atoms with Gasteiger partial charge in [0.05, 0.1) is 6.04 Å². The maximum Gasteiger partial charge on any atom is 0.410 e. The molecule has 0 aliphatic carbocycles. The monoisotopic (exact) mass is 387 g/mol. The van der Waals surface area contributed by atoms with E-state index in [2.05, 4.69) is 15.3 Å². The molecule has 1 fully saturated rings. The fourth-order valence-corrected chi connectivity index (χ4v) is 3.01. The minimum atomic E-state index is -1.01. The Bertz CT molecular complexity index is 768. The zero-order chi connectivity index (χ0) is 20.7. The fraction of sp³-hybridized carbons (Fsp3) is 0.526. The van der Waals surface area contributed by atoms with Crippen molar-refractivity contribution in [3.8, 4) is 0 Å². The molecule has 150 valence electrons. The van der Waals surface area contributed by atoms with Gasteiger partial charge in [0.2, 0.25) is 11.8 Å². The summed E-state index contributed by atoms with van der Waals surface area (Å²) < 4.78 is 5.36. The number of carbonyl (C=O) groups is 3. The number of azide groups is 1. The summed E-state index contributed by atoms with van der Waals surface area (Å²) in [7, 11) is 0. The number of amides is 3. The molecule has 1 aliphatic heterocycles. The zero-order valence-corrected chi connectivity index (χ0v) is 16.3. The Morgan fingerprint density at radius 3 is 2.61 bits per heavy atom. The third-order valence-electron chi connectivity index (χ3n) is 4.22. The maximum atomic E-state index is 12.8. The van der Waals surface area contributed by atoms with Gasteiger partial charge in [0.15, 0.2) is 0 Å². The van der Waals surface area contributed by atoms with Crippen molar-refractivity contribution in [1.82, 2.24) is 10.2 Å². The molecule has 0 bridgehead atoms. The van der Waals surface area contributed by atoms with Crippen LogP contribution < -0.4 is 5.32 Å². The molecule has 9 heteroatoms. The third kappa shape index (κ3) is 5.99. The second-order valence-electron chi connectivity index (χ2n) is 7.61. The Morgan fingerprint density at radius 2 is 2.00 bits per heavy atom. The van der Waals surface area contributed by atoms with Crippen LogP contribution >= 0.6 is 0 Å². The molecular weight excluding hydrogens is 362 g/mol. The summed E-state index contributed by atoms with van der Waals surface area (Å²) in [5, 5.41) is 5.76. The average molecular weight is 387 g/mol. The molecule has 2 atom stereocenters. The van der Waals surface area contributed by atoms with E-state index < -0.39 is 35.6 Å². The highest BCUT2D eigenvalue weighted by atomic mass is 16.6. The lowest BCUT2D eigenvalue weighted by atomic mass is 10.0. The largest absolute Gasteiger partial charge is 0.444 e. The van der Waals surface area contributed by atoms with Gasteiger partial charge in [0, 0.05) is 11.5 Å². The SMILES string of the molecule is CC(C)(C)OC(=O)N1CCC[C@H]1C(=O)N[C@@H](Cc1ccccc1)C(=O)N=[N+]=[N-]. The van der Waals surface area contributed by atoms with Gasteiger partial charge in [0.25, 0.3) is 0 Å². The molecular formula is C19H25N5O4. The maximum absolute atomic E-state index is 12.8. The van der Waals surface area contributed by atoms with Gasteiger partial charge in [-0.3, -0.25) is 14.5 Å². The lowest BCUT2D eigenvalue weighted by Crippen LogP contribution is -2.52. The molecule has 0 unspecified atom stereocenters. The van der Waals surface area contributed by atoms with Gasteiger partial charge < -0.3 is 10.1 Å². The normalized spacial score (nSPS) is 17.4. The van der Waals surface area contributed by atoms with Crippen LogP contribution in [0.25, 0.3) is 10.4 Å². The van der Waals surface area contributed by atoms with Gasteiger partial charge in [-0.1, -0.05) is 30.3 Å². The predicted molar refractivity (Wildman–Crippen MR) is 102 cm³/mol. The van der Waals surface area contributed by atoms with Crippen LogP contribution in [0, 0.1) is 0 Å². The Hall–Kier alpha value is -3.06. The quantitative estimate of drug-likeness (QED) is 0.474. The van der Waals surface area contributed by atoms with Crippen molar-refractivity contribution in [2.24, 2.45) is 5.11 Å². The molecule has 0 aromatic heterocycles. The smallest absolute Gasteiger partial charge is 0.410 e. The number of ether oxygens (including phenoxy) is 1. The van der Waals surface area contributed by atoms with Crippen LogP contribution in [-0.4, -0.2) is 47.0 Å². The first-order valence-electron chi connectivity index (χ1n) is 9.14. The first-order valence-corrected chi connectivity index (χ1v) is 9.14. The standard InChI is InChI=1S/C19H25N5O4/c1-19(2,3)28-18(27)24-11-7-10-15(24)17(26)21-14(16(25)22-23-20)12-13-8-5-4-6-9-13/h4-6,8-9,14-15H,7,10-12H2,1-3H3,(H,21,26)/t14-,15-/m0/s1. The van der Waals surface area contributed by atoms with E-state index in [4.69, 9.17) is 10.3 Å². The summed E-state index contributed by atoms with van der Waals surface area (Å²) in [6, 6.07) is 7.35. The number of hydrogen-bond donors (Lipinski definition) is 1. The summed E-state index contributed by atoms with van der Waals surface area (Å²) in [5.41, 5.74) is 8.71. The molecule has 28 heavy (non-hydrogen) atoms. The van der Waals surface area contributed by atoms with E-state index in [0.717, 1.165) is 5.56 Å². The first kappa shape index (κ1) is 21.2. The van der Waals surface area contributed by atoms with Gasteiger partial charge in [-0.15, -0.1) is 0 Å². The van der Waals surface area contributed by atoms with Crippen LogP contribution in [0.1, 0.15) is 39.2 Å². The summed E-state index contributed by atoms with van der Waals surface area (Å²) in [6.45, 7) is 5.67. The van der Waals surface area contributed by atoms with Gasteiger partial charge >= 0.3 is 6.09 Å². The molecule has 3 amide bonds. The van der Waals surface area contributed by atoms with Crippen LogP contribution in [-0.2, 0) is 20.7 Å². The predicted octanol–water partition coefficient (Wildman–Crippen LogP) is 2.95. The molecule has 0 radical (unpaired) electrons. The molecule has 1 N–H and O–H groups in total. The van der Waals surface area contributed by atoms with E-state index >= 15 is 0 Å². The number of nitrogens with zero attached hydrogens (tertiary/aromatic N) is 4. The second-order valence-corrected chi connectivity index (χ2v) is 7.61. The van der Waals surface area contributed by atoms with Crippen molar-refractivity contribution < 1.29 is 19.1 Å². The molecule has 1 aromatic rings. The minimum Gasteiger partial charge on any atom is -0.444 e. The number of rotatable bonds is 5. The van der Waals surface area contributed by atoms with E-state index in [9.17, 15) is 14.4 Å². The van der Waals surface area contributed by atoms with Crippen LogP contribution in [0.15, 0.2) is 35.4 Å². The summed E-state index contributed by atoms with van der Waals surface area (Å²) in [4.78, 5) is 41.2. The molecule has 1 aromatic carbocycles. The summed E-state index contributed by atoms with van der Waals surface area (Å²) in [5.74, 6) is -1.24. The van der Waals surface area contributed by atoms with Gasteiger partial charge in [-0.25, -0.2) is 4.79 Å². The molecule has 1 heterocycles. The third-order valence-corrected chi connectivity index (χ3v) is 4.22. The highest BCUT2D eigenvalue weighted by Gasteiger charge is 2.37. The van der Waals surface area contributed by atoms with Crippen molar-refractivity contribution in [3.63, 3.8) is 0 Å². The molecule has 0 spiro atoms. The number of nitrogens with one attached hydrogen (secondary N) is 1.